The molecule has 0 radical (unpaired) electrons. The summed E-state index contributed by atoms with van der Waals surface area (Å²) < 4.78 is 25.6. The minimum Gasteiger partial charge on any atom is -0.353 e. The molecule has 3 atom stereocenters. The van der Waals surface area contributed by atoms with Crippen molar-refractivity contribution in [1.29, 1.82) is 0 Å². The number of hydrogen-bond donors (Lipinski definition) is 1. The first-order chi connectivity index (χ1) is 11.8. The van der Waals surface area contributed by atoms with Gasteiger partial charge in [-0.05, 0) is 62.1 Å². The molecule has 3 unspecified atom stereocenters. The molecule has 1 N–H and O–H groups in total. The van der Waals surface area contributed by atoms with E-state index in [4.69, 9.17) is 0 Å². The predicted octanol–water partition coefficient (Wildman–Crippen LogP) is 2.85. The van der Waals surface area contributed by atoms with Gasteiger partial charge in [-0.2, -0.15) is 0 Å². The van der Waals surface area contributed by atoms with Crippen molar-refractivity contribution in [3.8, 4) is 0 Å². The first-order valence-electron chi connectivity index (χ1n) is 9.16. The molecule has 2 aliphatic rings. The molecule has 25 heavy (non-hydrogen) atoms. The fourth-order valence-electron chi connectivity index (χ4n) is 4.35. The van der Waals surface area contributed by atoms with Gasteiger partial charge in [0, 0.05) is 19.0 Å². The fraction of sp³-hybridized carbons (Fsp3) is 0.632. The maximum Gasteiger partial charge on any atom is 0.232 e. The lowest BCUT2D eigenvalue weighted by Gasteiger charge is -2.24. The van der Waals surface area contributed by atoms with Crippen LogP contribution in [0.25, 0.3) is 0 Å². The van der Waals surface area contributed by atoms with Crippen molar-refractivity contribution in [2.75, 3.05) is 17.1 Å². The monoisotopic (exact) mass is 364 g/mol. The highest BCUT2D eigenvalue weighted by Gasteiger charge is 2.39. The smallest absolute Gasteiger partial charge is 0.232 e. The Bertz CT molecular complexity index is 732. The Hall–Kier alpha value is -1.56. The standard InChI is InChI=1S/C19H28N2O3S/c1-14-5-3-6-17(11-14)21(25(2,23)24)10-4-7-19(22)20-18-13-15-8-9-16(18)12-15/h3,5-6,11,15-16,18H,4,7-10,12-13H2,1-2H3,(H,20,22). The minimum atomic E-state index is -3.36. The molecule has 2 saturated carbocycles. The van der Waals surface area contributed by atoms with Crippen LogP contribution in [0.3, 0.4) is 0 Å². The largest absolute Gasteiger partial charge is 0.353 e. The topological polar surface area (TPSA) is 66.5 Å². The average molecular weight is 365 g/mol. The molecule has 2 bridgehead atoms. The van der Waals surface area contributed by atoms with Crippen LogP contribution in [0.2, 0.25) is 0 Å². The molecule has 0 aromatic heterocycles. The summed E-state index contributed by atoms with van der Waals surface area (Å²) in [5.74, 6) is 1.52. The van der Waals surface area contributed by atoms with E-state index in [1.165, 1.54) is 29.8 Å². The number of nitrogens with zero attached hydrogens (tertiary/aromatic N) is 1. The third-order valence-corrected chi connectivity index (χ3v) is 6.73. The molecular weight excluding hydrogens is 336 g/mol. The summed E-state index contributed by atoms with van der Waals surface area (Å²) in [6.45, 7) is 2.26. The van der Waals surface area contributed by atoms with E-state index in [0.717, 1.165) is 17.9 Å². The molecule has 1 aromatic carbocycles. The molecule has 0 spiro atoms. The van der Waals surface area contributed by atoms with Crippen LogP contribution in [0.4, 0.5) is 5.69 Å². The molecule has 0 saturated heterocycles. The normalized spacial score (nSPS) is 25.1. The molecule has 0 aliphatic heterocycles. The SMILES string of the molecule is Cc1cccc(N(CCCC(=O)NC2CC3CCC2C3)S(C)(=O)=O)c1. The van der Waals surface area contributed by atoms with Crippen molar-refractivity contribution in [3.63, 3.8) is 0 Å². The van der Waals surface area contributed by atoms with Crippen LogP contribution in [-0.2, 0) is 14.8 Å². The minimum absolute atomic E-state index is 0.0512. The first kappa shape index (κ1) is 18.2. The predicted molar refractivity (Wildman–Crippen MR) is 100.0 cm³/mol. The van der Waals surface area contributed by atoms with Gasteiger partial charge >= 0.3 is 0 Å². The number of carbonyl (C=O) groups is 1. The summed E-state index contributed by atoms with van der Waals surface area (Å²) in [6, 6.07) is 7.78. The zero-order valence-corrected chi connectivity index (χ0v) is 15.9. The van der Waals surface area contributed by atoms with Gasteiger partial charge in [0.1, 0.15) is 0 Å². The van der Waals surface area contributed by atoms with Gasteiger partial charge < -0.3 is 5.32 Å². The van der Waals surface area contributed by atoms with E-state index in [0.29, 0.717) is 37.0 Å². The van der Waals surface area contributed by atoms with Gasteiger partial charge in [-0.3, -0.25) is 9.10 Å². The second-order valence-corrected chi connectivity index (χ2v) is 9.53. The van der Waals surface area contributed by atoms with Crippen molar-refractivity contribution in [3.05, 3.63) is 29.8 Å². The van der Waals surface area contributed by atoms with Gasteiger partial charge in [0.05, 0.1) is 11.9 Å². The Kier molecular flexibility index (Phi) is 5.37. The molecule has 2 aliphatic carbocycles. The number of benzene rings is 1. The van der Waals surface area contributed by atoms with Crippen LogP contribution < -0.4 is 9.62 Å². The lowest BCUT2D eigenvalue weighted by molar-refractivity contribution is -0.122. The number of rotatable bonds is 7. The third kappa shape index (κ3) is 4.54. The summed E-state index contributed by atoms with van der Waals surface area (Å²) in [6.07, 6.45) is 7.04. The summed E-state index contributed by atoms with van der Waals surface area (Å²) in [7, 11) is -3.36. The maximum absolute atomic E-state index is 12.2. The summed E-state index contributed by atoms with van der Waals surface area (Å²) >= 11 is 0. The Labute approximate surface area is 150 Å². The van der Waals surface area contributed by atoms with Crippen molar-refractivity contribution in [2.24, 2.45) is 11.8 Å². The highest BCUT2D eigenvalue weighted by molar-refractivity contribution is 7.92. The fourth-order valence-corrected chi connectivity index (χ4v) is 5.31. The van der Waals surface area contributed by atoms with Crippen LogP contribution in [0.1, 0.15) is 44.1 Å². The van der Waals surface area contributed by atoms with E-state index < -0.39 is 10.0 Å². The number of carbonyl (C=O) groups excluding carboxylic acids is 1. The number of nitrogens with one attached hydrogen (secondary N) is 1. The number of sulfonamides is 1. The van der Waals surface area contributed by atoms with E-state index in [1.54, 1.807) is 6.07 Å². The maximum atomic E-state index is 12.2. The lowest BCUT2D eigenvalue weighted by atomic mass is 9.95. The molecule has 2 fully saturated rings. The number of anilines is 1. The summed E-state index contributed by atoms with van der Waals surface area (Å²) in [5, 5.41) is 3.16. The summed E-state index contributed by atoms with van der Waals surface area (Å²) in [4.78, 5) is 12.2. The highest BCUT2D eigenvalue weighted by Crippen LogP contribution is 2.44. The lowest BCUT2D eigenvalue weighted by Crippen LogP contribution is -2.39. The van der Waals surface area contributed by atoms with Crippen LogP contribution in [0.15, 0.2) is 24.3 Å². The molecule has 138 valence electrons. The number of hydrogen-bond acceptors (Lipinski definition) is 3. The van der Waals surface area contributed by atoms with Crippen molar-refractivity contribution < 1.29 is 13.2 Å². The Morgan fingerprint density at radius 3 is 2.68 bits per heavy atom. The second kappa shape index (κ2) is 7.36. The van der Waals surface area contributed by atoms with Crippen molar-refractivity contribution in [1.82, 2.24) is 5.32 Å². The zero-order chi connectivity index (χ0) is 18.0. The van der Waals surface area contributed by atoms with Gasteiger partial charge in [-0.15, -0.1) is 0 Å². The zero-order valence-electron chi connectivity index (χ0n) is 15.1. The molecule has 3 rings (SSSR count). The van der Waals surface area contributed by atoms with Gasteiger partial charge in [0.15, 0.2) is 0 Å². The third-order valence-electron chi connectivity index (χ3n) is 5.54. The van der Waals surface area contributed by atoms with Crippen LogP contribution in [-0.4, -0.2) is 33.2 Å². The molecular formula is C19H28N2O3S. The highest BCUT2D eigenvalue weighted by atomic mass is 32.2. The molecule has 0 heterocycles. The number of aryl methyl sites for hydroxylation is 1. The first-order valence-corrected chi connectivity index (χ1v) is 11.0. The van der Waals surface area contributed by atoms with Crippen molar-refractivity contribution >= 4 is 21.6 Å². The Morgan fingerprint density at radius 1 is 1.28 bits per heavy atom. The van der Waals surface area contributed by atoms with Gasteiger partial charge in [-0.25, -0.2) is 8.42 Å². The molecule has 5 nitrogen and oxygen atoms in total. The number of fused-ring (bicyclic) bond motifs is 2. The summed E-state index contributed by atoms with van der Waals surface area (Å²) in [5.41, 5.74) is 1.68. The molecule has 6 heteroatoms. The van der Waals surface area contributed by atoms with Crippen LogP contribution in [0.5, 0.6) is 0 Å². The van der Waals surface area contributed by atoms with Gasteiger partial charge in [0.2, 0.25) is 15.9 Å². The van der Waals surface area contributed by atoms with E-state index in [9.17, 15) is 13.2 Å². The van der Waals surface area contributed by atoms with E-state index in [1.807, 2.05) is 25.1 Å². The second-order valence-electron chi connectivity index (χ2n) is 7.63. The quantitative estimate of drug-likeness (QED) is 0.809. The van der Waals surface area contributed by atoms with E-state index in [-0.39, 0.29) is 5.91 Å². The van der Waals surface area contributed by atoms with Gasteiger partial charge in [-0.1, -0.05) is 18.6 Å². The van der Waals surface area contributed by atoms with Crippen molar-refractivity contribution in [2.45, 2.75) is 51.5 Å². The molecule has 1 aromatic rings. The van der Waals surface area contributed by atoms with Crippen LogP contribution in [0, 0.1) is 18.8 Å². The van der Waals surface area contributed by atoms with Crippen LogP contribution >= 0.6 is 0 Å². The molecule has 1 amide bonds. The van der Waals surface area contributed by atoms with E-state index in [2.05, 4.69) is 5.32 Å². The Morgan fingerprint density at radius 2 is 2.08 bits per heavy atom. The van der Waals surface area contributed by atoms with Gasteiger partial charge in [0.25, 0.3) is 0 Å². The van der Waals surface area contributed by atoms with E-state index >= 15 is 0 Å². The number of amides is 1. The Balaban J connectivity index is 1.52. The average Bonchev–Trinajstić information content (AvgIpc) is 3.13.